The highest BCUT2D eigenvalue weighted by Gasteiger charge is 2.32. The summed E-state index contributed by atoms with van der Waals surface area (Å²) in [5, 5.41) is 27.9. The Morgan fingerprint density at radius 1 is 1.32 bits per heavy atom. The Kier molecular flexibility index (Phi) is 4.39. The minimum Gasteiger partial charge on any atom is -0.508 e. The van der Waals surface area contributed by atoms with Gasteiger partial charge in [-0.05, 0) is 37.1 Å². The number of benzene rings is 1. The molecule has 104 valence electrons. The van der Waals surface area contributed by atoms with Crippen molar-refractivity contribution in [1.29, 1.82) is 0 Å². The first kappa shape index (κ1) is 13.8. The SMILES string of the molecule is O=C(O)[C@H]1CCN(CCc2ccc(O)cc2)C[C@H]1O. The van der Waals surface area contributed by atoms with Gasteiger partial charge in [0.2, 0.25) is 0 Å². The van der Waals surface area contributed by atoms with Crippen molar-refractivity contribution in [2.24, 2.45) is 5.92 Å². The fourth-order valence-corrected chi connectivity index (χ4v) is 2.44. The number of hydrogen-bond donors (Lipinski definition) is 3. The Balaban J connectivity index is 1.82. The summed E-state index contributed by atoms with van der Waals surface area (Å²) in [4.78, 5) is 13.0. The molecule has 1 heterocycles. The molecule has 0 bridgehead atoms. The van der Waals surface area contributed by atoms with Crippen LogP contribution < -0.4 is 0 Å². The molecule has 0 amide bonds. The van der Waals surface area contributed by atoms with Crippen LogP contribution in [0.25, 0.3) is 0 Å². The van der Waals surface area contributed by atoms with E-state index in [0.29, 0.717) is 19.5 Å². The van der Waals surface area contributed by atoms with E-state index in [9.17, 15) is 15.0 Å². The predicted molar refractivity (Wildman–Crippen MR) is 70.0 cm³/mol. The van der Waals surface area contributed by atoms with Crippen molar-refractivity contribution in [3.8, 4) is 5.75 Å². The molecule has 5 nitrogen and oxygen atoms in total. The lowest BCUT2D eigenvalue weighted by Crippen LogP contribution is -2.47. The molecule has 1 fully saturated rings. The van der Waals surface area contributed by atoms with Gasteiger partial charge in [0, 0.05) is 13.1 Å². The van der Waals surface area contributed by atoms with E-state index in [4.69, 9.17) is 5.11 Å². The second-order valence-electron chi connectivity index (χ2n) is 5.02. The number of carboxylic acid groups (broad SMARTS) is 1. The van der Waals surface area contributed by atoms with E-state index in [1.54, 1.807) is 12.1 Å². The van der Waals surface area contributed by atoms with Crippen molar-refractivity contribution in [2.45, 2.75) is 18.9 Å². The highest BCUT2D eigenvalue weighted by Crippen LogP contribution is 2.18. The molecular weight excluding hydrogens is 246 g/mol. The van der Waals surface area contributed by atoms with Gasteiger partial charge < -0.3 is 20.2 Å². The predicted octanol–water partition coefficient (Wildman–Crippen LogP) is 0.702. The molecule has 0 aliphatic carbocycles. The molecule has 3 N–H and O–H groups in total. The summed E-state index contributed by atoms with van der Waals surface area (Å²) in [6.07, 6.45) is 0.530. The summed E-state index contributed by atoms with van der Waals surface area (Å²) in [5.41, 5.74) is 1.12. The molecule has 1 aliphatic heterocycles. The number of carbonyl (C=O) groups is 1. The topological polar surface area (TPSA) is 81.0 Å². The molecule has 0 radical (unpaired) electrons. The molecule has 5 heteroatoms. The number of likely N-dealkylation sites (tertiary alicyclic amines) is 1. The van der Waals surface area contributed by atoms with Crippen LogP contribution in [0.15, 0.2) is 24.3 Å². The molecule has 2 rings (SSSR count). The fourth-order valence-electron chi connectivity index (χ4n) is 2.44. The van der Waals surface area contributed by atoms with Gasteiger partial charge in [-0.1, -0.05) is 12.1 Å². The first-order chi connectivity index (χ1) is 9.06. The number of aliphatic carboxylic acids is 1. The summed E-state index contributed by atoms with van der Waals surface area (Å²) in [7, 11) is 0. The molecule has 2 atom stereocenters. The third-order valence-corrected chi connectivity index (χ3v) is 3.64. The van der Waals surface area contributed by atoms with Crippen LogP contribution in [-0.2, 0) is 11.2 Å². The largest absolute Gasteiger partial charge is 0.508 e. The normalized spacial score (nSPS) is 24.3. The molecule has 0 saturated carbocycles. The van der Waals surface area contributed by atoms with Crippen LogP contribution >= 0.6 is 0 Å². The highest BCUT2D eigenvalue weighted by atomic mass is 16.4. The number of rotatable bonds is 4. The quantitative estimate of drug-likeness (QED) is 0.746. The number of carboxylic acids is 1. The molecule has 1 aromatic rings. The summed E-state index contributed by atoms with van der Waals surface area (Å²) in [5.74, 6) is -1.29. The van der Waals surface area contributed by atoms with Crippen LogP contribution in [0.5, 0.6) is 5.75 Å². The van der Waals surface area contributed by atoms with Crippen LogP contribution in [0, 0.1) is 5.92 Å². The Bertz CT molecular complexity index is 432. The van der Waals surface area contributed by atoms with E-state index < -0.39 is 18.0 Å². The number of piperidine rings is 1. The second kappa shape index (κ2) is 6.04. The first-order valence-electron chi connectivity index (χ1n) is 6.47. The van der Waals surface area contributed by atoms with E-state index in [2.05, 4.69) is 4.90 Å². The maximum Gasteiger partial charge on any atom is 0.309 e. The van der Waals surface area contributed by atoms with Crippen molar-refractivity contribution < 1.29 is 20.1 Å². The van der Waals surface area contributed by atoms with Crippen LogP contribution in [0.3, 0.4) is 0 Å². The zero-order chi connectivity index (χ0) is 13.8. The Morgan fingerprint density at radius 3 is 2.58 bits per heavy atom. The standard InChI is InChI=1S/C14H19NO4/c16-11-3-1-10(2-4-11)5-7-15-8-6-12(14(18)19)13(17)9-15/h1-4,12-13,16-17H,5-9H2,(H,18,19)/t12-,13+/m0/s1. The van der Waals surface area contributed by atoms with Gasteiger partial charge >= 0.3 is 5.97 Å². The summed E-state index contributed by atoms with van der Waals surface area (Å²) in [6.45, 7) is 1.90. The Labute approximate surface area is 112 Å². The number of β-amino-alcohol motifs (C(OH)–C–C–N with tert-alkyl or cyclic N) is 1. The van der Waals surface area contributed by atoms with Gasteiger partial charge in [0.05, 0.1) is 12.0 Å². The third-order valence-electron chi connectivity index (χ3n) is 3.64. The lowest BCUT2D eigenvalue weighted by Gasteiger charge is -2.33. The van der Waals surface area contributed by atoms with E-state index in [1.807, 2.05) is 12.1 Å². The van der Waals surface area contributed by atoms with Crippen LogP contribution in [0.2, 0.25) is 0 Å². The zero-order valence-corrected chi connectivity index (χ0v) is 10.7. The lowest BCUT2D eigenvalue weighted by atomic mass is 9.94. The number of hydrogen-bond acceptors (Lipinski definition) is 4. The molecule has 0 spiro atoms. The average Bonchev–Trinajstić information content (AvgIpc) is 2.37. The van der Waals surface area contributed by atoms with Gasteiger partial charge in [-0.25, -0.2) is 0 Å². The van der Waals surface area contributed by atoms with Gasteiger partial charge in [-0.2, -0.15) is 0 Å². The molecular formula is C14H19NO4. The van der Waals surface area contributed by atoms with E-state index in [1.165, 1.54) is 0 Å². The monoisotopic (exact) mass is 265 g/mol. The van der Waals surface area contributed by atoms with Crippen molar-refractivity contribution in [3.63, 3.8) is 0 Å². The van der Waals surface area contributed by atoms with Gasteiger partial charge in [0.15, 0.2) is 0 Å². The van der Waals surface area contributed by atoms with E-state index in [0.717, 1.165) is 18.5 Å². The van der Waals surface area contributed by atoms with Gasteiger partial charge in [-0.15, -0.1) is 0 Å². The molecule has 0 aromatic heterocycles. The molecule has 1 aliphatic rings. The summed E-state index contributed by atoms with van der Waals surface area (Å²) >= 11 is 0. The van der Waals surface area contributed by atoms with Crippen molar-refractivity contribution in [3.05, 3.63) is 29.8 Å². The number of nitrogens with zero attached hydrogens (tertiary/aromatic N) is 1. The summed E-state index contributed by atoms with van der Waals surface area (Å²) < 4.78 is 0. The smallest absolute Gasteiger partial charge is 0.309 e. The number of aliphatic hydroxyl groups is 1. The average molecular weight is 265 g/mol. The Hall–Kier alpha value is -1.59. The number of aliphatic hydroxyl groups excluding tert-OH is 1. The minimum absolute atomic E-state index is 0.251. The lowest BCUT2D eigenvalue weighted by molar-refractivity contribution is -0.148. The van der Waals surface area contributed by atoms with Gasteiger partial charge in [-0.3, -0.25) is 4.79 Å². The van der Waals surface area contributed by atoms with Crippen molar-refractivity contribution in [2.75, 3.05) is 19.6 Å². The number of phenols is 1. The maximum absolute atomic E-state index is 10.9. The molecule has 19 heavy (non-hydrogen) atoms. The third kappa shape index (κ3) is 3.68. The first-order valence-corrected chi connectivity index (χ1v) is 6.47. The zero-order valence-electron chi connectivity index (χ0n) is 10.7. The fraction of sp³-hybridized carbons (Fsp3) is 0.500. The van der Waals surface area contributed by atoms with Crippen molar-refractivity contribution >= 4 is 5.97 Å². The van der Waals surface area contributed by atoms with Crippen LogP contribution in [-0.4, -0.2) is 51.9 Å². The molecule has 1 saturated heterocycles. The van der Waals surface area contributed by atoms with E-state index >= 15 is 0 Å². The van der Waals surface area contributed by atoms with E-state index in [-0.39, 0.29) is 5.75 Å². The maximum atomic E-state index is 10.9. The molecule has 0 unspecified atom stereocenters. The van der Waals surface area contributed by atoms with Gasteiger partial charge in [0.25, 0.3) is 0 Å². The minimum atomic E-state index is -0.911. The summed E-state index contributed by atoms with van der Waals surface area (Å²) in [6, 6.07) is 7.05. The van der Waals surface area contributed by atoms with Crippen LogP contribution in [0.4, 0.5) is 0 Å². The Morgan fingerprint density at radius 2 is 2.00 bits per heavy atom. The molecule has 1 aromatic carbocycles. The highest BCUT2D eigenvalue weighted by molar-refractivity contribution is 5.70. The second-order valence-corrected chi connectivity index (χ2v) is 5.02. The van der Waals surface area contributed by atoms with Gasteiger partial charge in [0.1, 0.15) is 5.75 Å². The van der Waals surface area contributed by atoms with Crippen molar-refractivity contribution in [1.82, 2.24) is 4.90 Å². The number of aromatic hydroxyl groups is 1. The van der Waals surface area contributed by atoms with Crippen LogP contribution in [0.1, 0.15) is 12.0 Å². The number of phenolic OH excluding ortho intramolecular Hbond substituents is 1.